The van der Waals surface area contributed by atoms with Crippen molar-refractivity contribution in [3.05, 3.63) is 0 Å². The lowest BCUT2D eigenvalue weighted by Crippen LogP contribution is -2.42. The Kier molecular flexibility index (Phi) is 8.45. The Morgan fingerprint density at radius 2 is 1.43 bits per heavy atom. The molecule has 0 radical (unpaired) electrons. The number of hydrogen-bond donors (Lipinski definition) is 1. The quantitative estimate of drug-likeness (QED) is 0.631. The largest absolute Gasteiger partial charge is 0.378 e. The predicted molar refractivity (Wildman–Crippen MR) is 89.3 cm³/mol. The molecule has 0 heterocycles. The number of aliphatic hydroxyl groups is 1. The summed E-state index contributed by atoms with van der Waals surface area (Å²) in [6.45, 7) is 19.7. The fourth-order valence-electron chi connectivity index (χ4n) is 1.95. The molecular weight excluding hydrogens is 264 g/mol. The molecule has 0 aliphatic carbocycles. The average molecular weight is 302 g/mol. The molecule has 0 aromatic rings. The van der Waals surface area contributed by atoms with Crippen LogP contribution in [0, 0.1) is 17.3 Å². The van der Waals surface area contributed by atoms with Gasteiger partial charge in [-0.15, -0.1) is 0 Å². The highest BCUT2D eigenvalue weighted by atomic mass is 16.6. The molecule has 3 nitrogen and oxygen atoms in total. The van der Waals surface area contributed by atoms with Crippen molar-refractivity contribution < 1.29 is 14.6 Å². The van der Waals surface area contributed by atoms with Gasteiger partial charge in [0.25, 0.3) is 0 Å². The topological polar surface area (TPSA) is 38.7 Å². The van der Waals surface area contributed by atoms with E-state index in [1.54, 1.807) is 0 Å². The van der Waals surface area contributed by atoms with Gasteiger partial charge in [-0.05, 0) is 39.0 Å². The van der Waals surface area contributed by atoms with Gasteiger partial charge in [-0.25, -0.2) is 0 Å². The summed E-state index contributed by atoms with van der Waals surface area (Å²) in [7, 11) is 0. The van der Waals surface area contributed by atoms with Crippen LogP contribution in [-0.4, -0.2) is 29.7 Å². The van der Waals surface area contributed by atoms with Crippen LogP contribution in [0.4, 0.5) is 0 Å². The first-order chi connectivity index (χ1) is 9.45. The van der Waals surface area contributed by atoms with Crippen molar-refractivity contribution in [3.63, 3.8) is 0 Å². The van der Waals surface area contributed by atoms with Gasteiger partial charge < -0.3 is 14.6 Å². The smallest absolute Gasteiger partial charge is 0.158 e. The van der Waals surface area contributed by atoms with Gasteiger partial charge in [0.15, 0.2) is 6.29 Å². The first kappa shape index (κ1) is 20.9. The summed E-state index contributed by atoms with van der Waals surface area (Å²) >= 11 is 0. The number of ether oxygens (including phenoxy) is 2. The second-order valence-corrected chi connectivity index (χ2v) is 7.93. The Hall–Kier alpha value is -0.120. The third-order valence-electron chi connectivity index (χ3n) is 4.88. The van der Waals surface area contributed by atoms with E-state index in [-0.39, 0.29) is 23.4 Å². The Bertz CT molecular complexity index is 277. The van der Waals surface area contributed by atoms with Crippen LogP contribution in [0.3, 0.4) is 0 Å². The Morgan fingerprint density at radius 3 is 1.81 bits per heavy atom. The Labute approximate surface area is 132 Å². The minimum atomic E-state index is -0.697. The second kappa shape index (κ2) is 8.50. The Morgan fingerprint density at radius 1 is 0.952 bits per heavy atom. The van der Waals surface area contributed by atoms with Crippen molar-refractivity contribution in [1.82, 2.24) is 0 Å². The summed E-state index contributed by atoms with van der Waals surface area (Å²) in [5, 5.41) is 10.2. The highest BCUT2D eigenvalue weighted by Gasteiger charge is 2.33. The lowest BCUT2D eigenvalue weighted by Gasteiger charge is -2.37. The van der Waals surface area contributed by atoms with Gasteiger partial charge in [0.2, 0.25) is 0 Å². The van der Waals surface area contributed by atoms with Crippen molar-refractivity contribution >= 4 is 0 Å². The van der Waals surface area contributed by atoms with E-state index < -0.39 is 11.9 Å². The van der Waals surface area contributed by atoms with Crippen LogP contribution in [0.5, 0.6) is 0 Å². The van der Waals surface area contributed by atoms with E-state index >= 15 is 0 Å². The molecule has 0 bridgehead atoms. The first-order valence-electron chi connectivity index (χ1n) is 8.43. The summed E-state index contributed by atoms with van der Waals surface area (Å²) in [6.07, 6.45) is 1.36. The van der Waals surface area contributed by atoms with Crippen molar-refractivity contribution in [3.8, 4) is 0 Å². The van der Waals surface area contributed by atoms with Gasteiger partial charge in [0, 0.05) is 11.8 Å². The summed E-state index contributed by atoms with van der Waals surface area (Å²) < 4.78 is 11.9. The number of hydrogen-bond acceptors (Lipinski definition) is 3. The maximum Gasteiger partial charge on any atom is 0.158 e. The van der Waals surface area contributed by atoms with Gasteiger partial charge in [-0.2, -0.15) is 0 Å². The lowest BCUT2D eigenvalue weighted by molar-refractivity contribution is -0.220. The fourth-order valence-corrected chi connectivity index (χ4v) is 1.95. The molecule has 1 N–H and O–H groups in total. The normalized spacial score (nSPS) is 17.9. The van der Waals surface area contributed by atoms with Gasteiger partial charge in [-0.1, -0.05) is 41.5 Å². The van der Waals surface area contributed by atoms with Gasteiger partial charge in [-0.3, -0.25) is 0 Å². The van der Waals surface area contributed by atoms with Gasteiger partial charge in [0.1, 0.15) is 0 Å². The molecule has 0 aliphatic heterocycles. The maximum absolute atomic E-state index is 10.2. The van der Waals surface area contributed by atoms with Crippen LogP contribution in [0.1, 0.15) is 75.2 Å². The maximum atomic E-state index is 10.2. The molecule has 0 aromatic carbocycles. The zero-order chi connectivity index (χ0) is 16.8. The van der Waals surface area contributed by atoms with E-state index in [2.05, 4.69) is 48.5 Å². The molecule has 0 saturated carbocycles. The van der Waals surface area contributed by atoms with Crippen molar-refractivity contribution in [2.45, 2.75) is 93.2 Å². The van der Waals surface area contributed by atoms with E-state index in [0.29, 0.717) is 6.61 Å². The highest BCUT2D eigenvalue weighted by Crippen LogP contribution is 2.28. The minimum absolute atomic E-state index is 0.139. The molecule has 0 aromatic heterocycles. The van der Waals surface area contributed by atoms with Crippen LogP contribution in [0.15, 0.2) is 0 Å². The Balaban J connectivity index is 4.48. The molecule has 0 rings (SSSR count). The van der Waals surface area contributed by atoms with Crippen LogP contribution in [0.2, 0.25) is 0 Å². The van der Waals surface area contributed by atoms with Gasteiger partial charge in [0.05, 0.1) is 18.3 Å². The third kappa shape index (κ3) is 7.12. The average Bonchev–Trinajstić information content (AvgIpc) is 2.34. The fraction of sp³-hybridized carbons (Fsp3) is 1.00. The van der Waals surface area contributed by atoms with E-state index in [1.807, 2.05) is 13.8 Å². The molecule has 21 heavy (non-hydrogen) atoms. The SMILES string of the molecule is CCC(CC)C(O)OC(C)(C)C(C)COC(C)C(C)(C)C. The number of rotatable bonds is 9. The van der Waals surface area contributed by atoms with E-state index in [9.17, 15) is 5.11 Å². The standard InChI is InChI=1S/C18H38O3/c1-10-15(11-2)16(19)21-18(8,9)13(3)12-20-14(4)17(5,6)7/h13-16,19H,10-12H2,1-9H3. The molecule has 3 atom stereocenters. The van der Waals surface area contributed by atoms with Crippen LogP contribution < -0.4 is 0 Å². The van der Waals surface area contributed by atoms with Crippen LogP contribution >= 0.6 is 0 Å². The summed E-state index contributed by atoms with van der Waals surface area (Å²) in [6, 6.07) is 0. The number of aliphatic hydroxyl groups excluding tert-OH is 1. The summed E-state index contributed by atoms with van der Waals surface area (Å²) in [5.74, 6) is 0.414. The second-order valence-electron chi connectivity index (χ2n) is 7.93. The van der Waals surface area contributed by atoms with Crippen molar-refractivity contribution in [2.24, 2.45) is 17.3 Å². The molecule has 0 amide bonds. The summed E-state index contributed by atoms with van der Waals surface area (Å²) in [4.78, 5) is 0. The monoisotopic (exact) mass is 302 g/mol. The minimum Gasteiger partial charge on any atom is -0.378 e. The molecule has 128 valence electrons. The van der Waals surface area contributed by atoms with Crippen LogP contribution in [0.25, 0.3) is 0 Å². The molecule has 0 fully saturated rings. The van der Waals surface area contributed by atoms with E-state index in [4.69, 9.17) is 9.47 Å². The summed E-state index contributed by atoms with van der Waals surface area (Å²) in [5.41, 5.74) is -0.265. The zero-order valence-electron chi connectivity index (χ0n) is 15.7. The van der Waals surface area contributed by atoms with Gasteiger partial charge >= 0.3 is 0 Å². The van der Waals surface area contributed by atoms with Crippen molar-refractivity contribution in [1.29, 1.82) is 0 Å². The molecule has 0 spiro atoms. The molecule has 0 saturated heterocycles. The highest BCUT2D eigenvalue weighted by molar-refractivity contribution is 4.79. The lowest BCUT2D eigenvalue weighted by atomic mass is 9.89. The molecule has 0 aliphatic rings. The molecule has 3 heteroatoms. The third-order valence-corrected chi connectivity index (χ3v) is 4.88. The van der Waals surface area contributed by atoms with E-state index in [0.717, 1.165) is 12.8 Å². The van der Waals surface area contributed by atoms with Crippen molar-refractivity contribution in [2.75, 3.05) is 6.61 Å². The molecule has 3 unspecified atom stereocenters. The molecular formula is C18H38O3. The van der Waals surface area contributed by atoms with Crippen LogP contribution in [-0.2, 0) is 9.47 Å². The van der Waals surface area contributed by atoms with E-state index in [1.165, 1.54) is 0 Å². The zero-order valence-corrected chi connectivity index (χ0v) is 15.7. The predicted octanol–water partition coefficient (Wildman–Crippen LogP) is 4.62. The first-order valence-corrected chi connectivity index (χ1v) is 8.43.